The third-order valence-electron chi connectivity index (χ3n) is 7.87. The van der Waals surface area contributed by atoms with E-state index in [0.717, 1.165) is 27.5 Å². The number of anilines is 3. The van der Waals surface area contributed by atoms with Gasteiger partial charge >= 0.3 is 0 Å². The van der Waals surface area contributed by atoms with Gasteiger partial charge in [-0.1, -0.05) is 78.9 Å². The van der Waals surface area contributed by atoms with Crippen LogP contribution in [-0.2, 0) is 26.2 Å². The van der Waals surface area contributed by atoms with Gasteiger partial charge in [-0.2, -0.15) is 0 Å². The standard InChI is InChI=1S/C36H33N3O4S/c1-26-20-27(2)22-31(21-26)39(44(42,43)32-17-16-29-12-6-7-13-30(29)23-32)19-18-35(40)38-25-36(41)37(24-28-10-4-3-5-11-28)33-14-8-9-15-34(33)38/h3-17,20-23H,18-19,24-25H2,1-2H3. The molecule has 0 unspecified atom stereocenters. The predicted molar refractivity (Wildman–Crippen MR) is 175 cm³/mol. The SMILES string of the molecule is Cc1cc(C)cc(N(CCC(=O)N2CC(=O)N(Cc3ccccc3)c3ccccc32)S(=O)(=O)c2ccc3ccccc3c2)c1. The van der Waals surface area contributed by atoms with E-state index in [0.29, 0.717) is 23.6 Å². The van der Waals surface area contributed by atoms with E-state index in [1.807, 2.05) is 111 Å². The van der Waals surface area contributed by atoms with Crippen molar-refractivity contribution >= 4 is 49.7 Å². The van der Waals surface area contributed by atoms with Gasteiger partial charge in [-0.05, 0) is 77.7 Å². The molecule has 7 nitrogen and oxygen atoms in total. The minimum atomic E-state index is -4.03. The molecule has 0 aliphatic carbocycles. The van der Waals surface area contributed by atoms with Gasteiger partial charge in [0.15, 0.2) is 0 Å². The summed E-state index contributed by atoms with van der Waals surface area (Å²) in [4.78, 5) is 30.5. The largest absolute Gasteiger partial charge is 0.304 e. The normalized spacial score (nSPS) is 13.2. The van der Waals surface area contributed by atoms with Crippen molar-refractivity contribution in [1.29, 1.82) is 0 Å². The quantitative estimate of drug-likeness (QED) is 0.200. The minimum Gasteiger partial charge on any atom is -0.304 e. The van der Waals surface area contributed by atoms with Gasteiger partial charge < -0.3 is 9.80 Å². The molecule has 0 saturated carbocycles. The minimum absolute atomic E-state index is 0.0858. The maximum absolute atomic E-state index is 14.2. The first-order chi connectivity index (χ1) is 21.2. The lowest BCUT2D eigenvalue weighted by Crippen LogP contribution is -2.48. The molecule has 0 atom stereocenters. The number of carbonyl (C=O) groups excluding carboxylic acids is 2. The number of hydrogen-bond donors (Lipinski definition) is 0. The zero-order chi connectivity index (χ0) is 30.8. The van der Waals surface area contributed by atoms with Crippen molar-refractivity contribution in [3.05, 3.63) is 132 Å². The summed E-state index contributed by atoms with van der Waals surface area (Å²) in [5.41, 5.74) is 4.59. The van der Waals surface area contributed by atoms with E-state index >= 15 is 0 Å². The van der Waals surface area contributed by atoms with Crippen LogP contribution in [-0.4, -0.2) is 33.3 Å². The molecule has 0 saturated heterocycles. The van der Waals surface area contributed by atoms with Crippen LogP contribution in [0.3, 0.4) is 0 Å². The fraction of sp³-hybridized carbons (Fsp3) is 0.167. The number of carbonyl (C=O) groups is 2. The molecule has 1 heterocycles. The Morgan fingerprint density at radius 1 is 0.750 bits per heavy atom. The van der Waals surface area contributed by atoms with E-state index in [4.69, 9.17) is 0 Å². The van der Waals surface area contributed by atoms with E-state index in [1.165, 1.54) is 9.21 Å². The fourth-order valence-electron chi connectivity index (χ4n) is 5.79. The van der Waals surface area contributed by atoms with Crippen LogP contribution in [0, 0.1) is 13.8 Å². The molecule has 6 rings (SSSR count). The lowest BCUT2D eigenvalue weighted by Gasteiger charge is -2.36. The number of fused-ring (bicyclic) bond motifs is 2. The average molecular weight is 604 g/mol. The summed E-state index contributed by atoms with van der Waals surface area (Å²) in [6, 6.07) is 35.3. The van der Waals surface area contributed by atoms with Crippen LogP contribution in [0.2, 0.25) is 0 Å². The van der Waals surface area contributed by atoms with E-state index in [2.05, 4.69) is 0 Å². The zero-order valence-electron chi connectivity index (χ0n) is 24.7. The van der Waals surface area contributed by atoms with Crippen molar-refractivity contribution < 1.29 is 18.0 Å². The van der Waals surface area contributed by atoms with Crippen molar-refractivity contribution in [2.45, 2.75) is 31.7 Å². The van der Waals surface area contributed by atoms with Gasteiger partial charge in [0.1, 0.15) is 6.54 Å². The summed E-state index contributed by atoms with van der Waals surface area (Å²) in [7, 11) is -4.03. The summed E-state index contributed by atoms with van der Waals surface area (Å²) in [5.74, 6) is -0.524. The summed E-state index contributed by atoms with van der Waals surface area (Å²) >= 11 is 0. The van der Waals surface area contributed by atoms with Crippen molar-refractivity contribution in [3.63, 3.8) is 0 Å². The molecule has 0 radical (unpaired) electrons. The molecule has 0 N–H and O–H groups in total. The van der Waals surface area contributed by atoms with E-state index in [9.17, 15) is 18.0 Å². The number of hydrogen-bond acceptors (Lipinski definition) is 4. The highest BCUT2D eigenvalue weighted by molar-refractivity contribution is 7.92. The van der Waals surface area contributed by atoms with E-state index in [1.54, 1.807) is 23.1 Å². The van der Waals surface area contributed by atoms with Crippen LogP contribution in [0.1, 0.15) is 23.1 Å². The second-order valence-electron chi connectivity index (χ2n) is 11.1. The van der Waals surface area contributed by atoms with Crippen LogP contribution >= 0.6 is 0 Å². The summed E-state index contributed by atoms with van der Waals surface area (Å²) < 4.78 is 29.7. The average Bonchev–Trinajstić information content (AvgIpc) is 3.02. The first-order valence-corrected chi connectivity index (χ1v) is 16.0. The maximum atomic E-state index is 14.2. The molecule has 1 aliphatic rings. The summed E-state index contributed by atoms with van der Waals surface area (Å²) in [6.45, 7) is 4.02. The smallest absolute Gasteiger partial charge is 0.264 e. The first-order valence-electron chi connectivity index (χ1n) is 14.5. The number of aryl methyl sites for hydroxylation is 2. The first kappa shape index (κ1) is 29.1. The molecule has 2 amide bonds. The van der Waals surface area contributed by atoms with E-state index < -0.39 is 10.0 Å². The molecule has 0 spiro atoms. The molecular weight excluding hydrogens is 570 g/mol. The van der Waals surface area contributed by atoms with Crippen molar-refractivity contribution in [1.82, 2.24) is 0 Å². The molecule has 0 bridgehead atoms. The number of sulfonamides is 1. The van der Waals surface area contributed by atoms with Gasteiger partial charge in [0, 0.05) is 13.0 Å². The second-order valence-corrected chi connectivity index (χ2v) is 13.0. The Balaban J connectivity index is 1.30. The molecule has 0 aromatic heterocycles. The monoisotopic (exact) mass is 603 g/mol. The molecule has 5 aromatic carbocycles. The number of para-hydroxylation sites is 2. The summed E-state index contributed by atoms with van der Waals surface area (Å²) in [5, 5.41) is 1.75. The third-order valence-corrected chi connectivity index (χ3v) is 9.70. The summed E-state index contributed by atoms with van der Waals surface area (Å²) in [6.07, 6.45) is -0.111. The highest BCUT2D eigenvalue weighted by Gasteiger charge is 2.33. The van der Waals surface area contributed by atoms with Crippen LogP contribution in [0.5, 0.6) is 0 Å². The Morgan fingerprint density at radius 2 is 1.39 bits per heavy atom. The molecule has 8 heteroatoms. The molecule has 44 heavy (non-hydrogen) atoms. The molecule has 0 fully saturated rings. The van der Waals surface area contributed by atoms with E-state index in [-0.39, 0.29) is 36.2 Å². The number of nitrogens with zero attached hydrogens (tertiary/aromatic N) is 3. The Kier molecular flexibility index (Phi) is 7.93. The lowest BCUT2D eigenvalue weighted by atomic mass is 10.1. The van der Waals surface area contributed by atoms with Crippen LogP contribution < -0.4 is 14.1 Å². The Labute approximate surface area is 258 Å². The second kappa shape index (κ2) is 12.0. The van der Waals surface area contributed by atoms with Gasteiger partial charge in [-0.15, -0.1) is 0 Å². The van der Waals surface area contributed by atoms with Gasteiger partial charge in [-0.3, -0.25) is 13.9 Å². The Hall–Kier alpha value is -4.95. The van der Waals surface area contributed by atoms with Gasteiger partial charge in [0.2, 0.25) is 11.8 Å². The zero-order valence-corrected chi connectivity index (χ0v) is 25.5. The molecule has 222 valence electrons. The lowest BCUT2D eigenvalue weighted by molar-refractivity contribution is -0.122. The Morgan fingerprint density at radius 3 is 2.11 bits per heavy atom. The highest BCUT2D eigenvalue weighted by Crippen LogP contribution is 2.35. The van der Waals surface area contributed by atoms with Crippen molar-refractivity contribution in [2.24, 2.45) is 0 Å². The van der Waals surface area contributed by atoms with Crippen molar-refractivity contribution in [2.75, 3.05) is 27.2 Å². The Bertz CT molecular complexity index is 1950. The third kappa shape index (κ3) is 5.81. The number of amides is 2. The van der Waals surface area contributed by atoms with Crippen LogP contribution in [0.4, 0.5) is 17.1 Å². The molecule has 5 aromatic rings. The van der Waals surface area contributed by atoms with Gasteiger partial charge in [0.05, 0.1) is 28.5 Å². The highest BCUT2D eigenvalue weighted by atomic mass is 32.2. The van der Waals surface area contributed by atoms with Gasteiger partial charge in [-0.25, -0.2) is 8.42 Å². The number of rotatable bonds is 8. The van der Waals surface area contributed by atoms with Crippen molar-refractivity contribution in [3.8, 4) is 0 Å². The number of benzene rings is 5. The predicted octanol–water partition coefficient (Wildman–Crippen LogP) is 6.62. The topological polar surface area (TPSA) is 78.0 Å². The molecule has 1 aliphatic heterocycles. The van der Waals surface area contributed by atoms with Gasteiger partial charge in [0.25, 0.3) is 10.0 Å². The molecular formula is C36H33N3O4S. The van der Waals surface area contributed by atoms with Crippen LogP contribution in [0.15, 0.2) is 120 Å². The fourth-order valence-corrected chi connectivity index (χ4v) is 7.28. The maximum Gasteiger partial charge on any atom is 0.264 e. The van der Waals surface area contributed by atoms with Crippen LogP contribution in [0.25, 0.3) is 10.8 Å².